The predicted octanol–water partition coefficient (Wildman–Crippen LogP) is 1.65. The van der Waals surface area contributed by atoms with Gasteiger partial charge in [0.1, 0.15) is 0 Å². The maximum atomic E-state index is 11.9. The summed E-state index contributed by atoms with van der Waals surface area (Å²) < 4.78 is 27.9. The second-order valence-electron chi connectivity index (χ2n) is 2.64. The standard InChI is InChI=1S/C8H8F2N2O3/c9-8(10)15-7-3-5(4-11)1-2-6(7)12(13)14/h1-3,8H,4,11H2. The summed E-state index contributed by atoms with van der Waals surface area (Å²) in [5.41, 5.74) is 5.24. The van der Waals surface area contributed by atoms with Crippen LogP contribution in [0.15, 0.2) is 18.2 Å². The van der Waals surface area contributed by atoms with Crippen LogP contribution in [0, 0.1) is 10.1 Å². The second kappa shape index (κ2) is 4.65. The largest absolute Gasteiger partial charge is 0.427 e. The molecule has 0 saturated carbocycles. The third-order valence-corrected chi connectivity index (χ3v) is 1.67. The van der Waals surface area contributed by atoms with Gasteiger partial charge in [-0.05, 0) is 11.6 Å². The number of nitro benzene ring substituents is 1. The molecule has 0 fully saturated rings. The molecule has 0 aliphatic carbocycles. The number of ether oxygens (including phenoxy) is 1. The number of alkyl halides is 2. The molecule has 0 atom stereocenters. The molecular formula is C8H8F2N2O3. The van der Waals surface area contributed by atoms with Gasteiger partial charge in [-0.3, -0.25) is 10.1 Å². The maximum absolute atomic E-state index is 11.9. The fraction of sp³-hybridized carbons (Fsp3) is 0.250. The summed E-state index contributed by atoms with van der Waals surface area (Å²) in [6.45, 7) is -3.01. The van der Waals surface area contributed by atoms with Gasteiger partial charge in [0.2, 0.25) is 5.75 Å². The topological polar surface area (TPSA) is 78.4 Å². The maximum Gasteiger partial charge on any atom is 0.387 e. The van der Waals surface area contributed by atoms with E-state index in [0.29, 0.717) is 5.56 Å². The summed E-state index contributed by atoms with van der Waals surface area (Å²) in [7, 11) is 0. The van der Waals surface area contributed by atoms with Gasteiger partial charge in [0.15, 0.2) is 0 Å². The van der Waals surface area contributed by atoms with Gasteiger partial charge >= 0.3 is 12.3 Å². The van der Waals surface area contributed by atoms with E-state index in [4.69, 9.17) is 5.73 Å². The molecule has 82 valence electrons. The Labute approximate surface area is 83.6 Å². The lowest BCUT2D eigenvalue weighted by atomic mass is 10.2. The van der Waals surface area contributed by atoms with Gasteiger partial charge in [0.25, 0.3) is 0 Å². The molecule has 7 heteroatoms. The fourth-order valence-corrected chi connectivity index (χ4v) is 1.03. The molecule has 0 radical (unpaired) electrons. The van der Waals surface area contributed by atoms with Gasteiger partial charge in [-0.1, -0.05) is 6.07 Å². The van der Waals surface area contributed by atoms with Gasteiger partial charge in [-0.2, -0.15) is 8.78 Å². The Balaban J connectivity index is 3.10. The highest BCUT2D eigenvalue weighted by Crippen LogP contribution is 2.29. The van der Waals surface area contributed by atoms with Gasteiger partial charge < -0.3 is 10.5 Å². The third-order valence-electron chi connectivity index (χ3n) is 1.67. The van der Waals surface area contributed by atoms with Crippen LogP contribution >= 0.6 is 0 Å². The number of nitro groups is 1. The summed E-state index contributed by atoms with van der Waals surface area (Å²) >= 11 is 0. The van der Waals surface area contributed by atoms with E-state index in [0.717, 1.165) is 12.1 Å². The normalized spacial score (nSPS) is 10.4. The average molecular weight is 218 g/mol. The summed E-state index contributed by atoms with van der Waals surface area (Å²) in [6.07, 6.45) is 0. The number of rotatable bonds is 4. The van der Waals surface area contributed by atoms with Crippen LogP contribution in [-0.2, 0) is 6.54 Å². The fourth-order valence-electron chi connectivity index (χ4n) is 1.03. The average Bonchev–Trinajstić information content (AvgIpc) is 2.16. The second-order valence-corrected chi connectivity index (χ2v) is 2.64. The third kappa shape index (κ3) is 2.84. The van der Waals surface area contributed by atoms with Gasteiger partial charge in [-0.25, -0.2) is 0 Å². The van der Waals surface area contributed by atoms with Crippen LogP contribution in [-0.4, -0.2) is 11.5 Å². The molecular weight excluding hydrogens is 210 g/mol. The number of benzene rings is 1. The highest BCUT2D eigenvalue weighted by Gasteiger charge is 2.18. The van der Waals surface area contributed by atoms with Crippen molar-refractivity contribution in [1.29, 1.82) is 0 Å². The Bertz CT molecular complexity index is 371. The molecule has 15 heavy (non-hydrogen) atoms. The first kappa shape index (κ1) is 11.3. The predicted molar refractivity (Wildman–Crippen MR) is 47.6 cm³/mol. The van der Waals surface area contributed by atoms with E-state index < -0.39 is 23.0 Å². The van der Waals surface area contributed by atoms with Crippen molar-refractivity contribution in [3.63, 3.8) is 0 Å². The lowest BCUT2D eigenvalue weighted by Crippen LogP contribution is -2.06. The van der Waals surface area contributed by atoms with Crippen molar-refractivity contribution in [2.45, 2.75) is 13.2 Å². The lowest BCUT2D eigenvalue weighted by Gasteiger charge is -2.06. The number of hydrogen-bond acceptors (Lipinski definition) is 4. The van der Waals surface area contributed by atoms with E-state index in [-0.39, 0.29) is 6.54 Å². The summed E-state index contributed by atoms with van der Waals surface area (Å²) in [6, 6.07) is 3.60. The molecule has 0 aliphatic heterocycles. The van der Waals surface area contributed by atoms with Crippen molar-refractivity contribution < 1.29 is 18.4 Å². The van der Waals surface area contributed by atoms with Crippen molar-refractivity contribution in [2.24, 2.45) is 5.73 Å². The summed E-state index contributed by atoms with van der Waals surface area (Å²) in [5.74, 6) is -0.474. The van der Waals surface area contributed by atoms with E-state index in [2.05, 4.69) is 4.74 Å². The van der Waals surface area contributed by atoms with Crippen LogP contribution in [0.4, 0.5) is 14.5 Å². The van der Waals surface area contributed by atoms with Gasteiger partial charge in [0.05, 0.1) is 4.92 Å². The first-order valence-electron chi connectivity index (χ1n) is 3.96. The molecule has 0 spiro atoms. The van der Waals surface area contributed by atoms with E-state index in [1.807, 2.05) is 0 Å². The minimum atomic E-state index is -3.10. The molecule has 0 aliphatic rings. The zero-order valence-corrected chi connectivity index (χ0v) is 7.52. The quantitative estimate of drug-likeness (QED) is 0.615. The molecule has 1 aromatic rings. The summed E-state index contributed by atoms with van der Waals surface area (Å²) in [5, 5.41) is 10.5. The van der Waals surface area contributed by atoms with Crippen molar-refractivity contribution in [2.75, 3.05) is 0 Å². The summed E-state index contributed by atoms with van der Waals surface area (Å²) in [4.78, 5) is 9.66. The molecule has 0 aromatic heterocycles. The number of hydrogen-bond donors (Lipinski definition) is 1. The molecule has 1 rings (SSSR count). The van der Waals surface area contributed by atoms with Crippen molar-refractivity contribution in [3.05, 3.63) is 33.9 Å². The van der Waals surface area contributed by atoms with E-state index in [1.54, 1.807) is 0 Å². The highest BCUT2D eigenvalue weighted by molar-refractivity contribution is 5.48. The van der Waals surface area contributed by atoms with Crippen LogP contribution in [0.5, 0.6) is 5.75 Å². The minimum absolute atomic E-state index is 0.0948. The first-order chi connectivity index (χ1) is 7.04. The number of halogens is 2. The first-order valence-corrected chi connectivity index (χ1v) is 3.96. The van der Waals surface area contributed by atoms with Crippen LogP contribution in [0.2, 0.25) is 0 Å². The molecule has 0 bridgehead atoms. The molecule has 0 saturated heterocycles. The van der Waals surface area contributed by atoms with Crippen molar-refractivity contribution in [1.82, 2.24) is 0 Å². The lowest BCUT2D eigenvalue weighted by molar-refractivity contribution is -0.386. The molecule has 5 nitrogen and oxygen atoms in total. The van der Waals surface area contributed by atoms with Crippen molar-refractivity contribution >= 4 is 5.69 Å². The zero-order valence-electron chi connectivity index (χ0n) is 7.52. The van der Waals surface area contributed by atoms with E-state index in [9.17, 15) is 18.9 Å². The van der Waals surface area contributed by atoms with Crippen LogP contribution < -0.4 is 10.5 Å². The molecule has 1 aromatic carbocycles. The smallest absolute Gasteiger partial charge is 0.387 e. The SMILES string of the molecule is NCc1ccc([N+](=O)[O-])c(OC(F)F)c1. The zero-order chi connectivity index (χ0) is 11.4. The van der Waals surface area contributed by atoms with Crippen LogP contribution in [0.3, 0.4) is 0 Å². The molecule has 0 unspecified atom stereocenters. The van der Waals surface area contributed by atoms with E-state index >= 15 is 0 Å². The Hall–Kier alpha value is -1.76. The monoisotopic (exact) mass is 218 g/mol. The van der Waals surface area contributed by atoms with Crippen molar-refractivity contribution in [3.8, 4) is 5.75 Å². The Kier molecular flexibility index (Phi) is 3.51. The van der Waals surface area contributed by atoms with Gasteiger partial charge in [0, 0.05) is 12.6 Å². The highest BCUT2D eigenvalue weighted by atomic mass is 19.3. The Morgan fingerprint density at radius 3 is 2.67 bits per heavy atom. The van der Waals surface area contributed by atoms with E-state index in [1.165, 1.54) is 6.07 Å². The van der Waals surface area contributed by atoms with Crippen LogP contribution in [0.25, 0.3) is 0 Å². The number of nitrogens with zero attached hydrogens (tertiary/aromatic N) is 1. The molecule has 2 N–H and O–H groups in total. The number of nitrogens with two attached hydrogens (primary N) is 1. The Morgan fingerprint density at radius 2 is 2.20 bits per heavy atom. The molecule has 0 amide bonds. The van der Waals surface area contributed by atoms with Gasteiger partial charge in [-0.15, -0.1) is 0 Å². The molecule has 0 heterocycles. The minimum Gasteiger partial charge on any atom is -0.427 e. The Morgan fingerprint density at radius 1 is 1.53 bits per heavy atom. The van der Waals surface area contributed by atoms with Crippen LogP contribution in [0.1, 0.15) is 5.56 Å².